The number of piperazine rings is 1. The van der Waals surface area contributed by atoms with Crippen LogP contribution in [0.4, 0.5) is 19.0 Å². The molecule has 1 N–H and O–H groups in total. The van der Waals surface area contributed by atoms with Crippen LogP contribution in [0.5, 0.6) is 0 Å². The second-order valence-electron chi connectivity index (χ2n) is 7.02. The van der Waals surface area contributed by atoms with Gasteiger partial charge in [0.2, 0.25) is 0 Å². The second-order valence-corrected chi connectivity index (χ2v) is 7.02. The van der Waals surface area contributed by atoms with Crippen LogP contribution in [-0.2, 0) is 12.7 Å². The third-order valence-corrected chi connectivity index (χ3v) is 5.26. The third kappa shape index (κ3) is 2.80. The number of H-pyrrole nitrogens is 1. The number of hydrogen-bond acceptors (Lipinski definition) is 6. The predicted molar refractivity (Wildman–Crippen MR) is 90.9 cm³/mol. The number of nitrogens with one attached hydrogen (secondary N) is 1. The molecule has 0 saturated carbocycles. The fraction of sp³-hybridized carbons (Fsp3) is 0.412. The first-order valence-electron chi connectivity index (χ1n) is 8.66. The number of fused-ring (bicyclic) bond motifs is 3. The van der Waals surface area contributed by atoms with E-state index in [1.807, 2.05) is 0 Å². The van der Waals surface area contributed by atoms with Gasteiger partial charge in [0.15, 0.2) is 5.65 Å². The average molecular weight is 375 g/mol. The Labute approximate surface area is 152 Å². The number of piperidine rings is 1. The molecular formula is C17H16F3N7. The van der Waals surface area contributed by atoms with Gasteiger partial charge in [-0.2, -0.15) is 18.3 Å². The Hall–Kier alpha value is -2.75. The molecule has 3 aliphatic heterocycles. The van der Waals surface area contributed by atoms with Gasteiger partial charge in [0.1, 0.15) is 17.8 Å². The molecule has 3 aliphatic rings. The molecule has 3 saturated heterocycles. The lowest BCUT2D eigenvalue weighted by molar-refractivity contribution is -0.141. The Balaban J connectivity index is 1.29. The molecule has 6 heterocycles. The average Bonchev–Trinajstić information content (AvgIpc) is 3.11. The molecule has 10 heteroatoms. The summed E-state index contributed by atoms with van der Waals surface area (Å²) < 4.78 is 37.9. The van der Waals surface area contributed by atoms with Crippen molar-refractivity contribution in [3.8, 4) is 0 Å². The maximum atomic E-state index is 12.6. The fourth-order valence-electron chi connectivity index (χ4n) is 4.07. The summed E-state index contributed by atoms with van der Waals surface area (Å²) in [5, 5.41) is 7.81. The van der Waals surface area contributed by atoms with Gasteiger partial charge in [-0.3, -0.25) is 15.0 Å². The summed E-state index contributed by atoms with van der Waals surface area (Å²) in [4.78, 5) is 16.7. The van der Waals surface area contributed by atoms with Gasteiger partial charge in [0, 0.05) is 37.9 Å². The van der Waals surface area contributed by atoms with E-state index in [1.165, 1.54) is 18.6 Å². The molecule has 6 rings (SSSR count). The summed E-state index contributed by atoms with van der Waals surface area (Å²) >= 11 is 0. The first-order chi connectivity index (χ1) is 13.0. The van der Waals surface area contributed by atoms with Crippen molar-refractivity contribution in [2.45, 2.75) is 31.2 Å². The SMILES string of the molecule is FC(F)(F)c1ccc(CN2CC3CC(C2)N3c2ncnc3[nH]ncc23)cn1. The van der Waals surface area contributed by atoms with Crippen molar-refractivity contribution in [3.63, 3.8) is 0 Å². The van der Waals surface area contributed by atoms with Gasteiger partial charge in [0.25, 0.3) is 0 Å². The molecule has 0 radical (unpaired) electrons. The summed E-state index contributed by atoms with van der Waals surface area (Å²) in [6.07, 6.45) is 1.28. The maximum Gasteiger partial charge on any atom is 0.433 e. The molecule has 0 aromatic carbocycles. The summed E-state index contributed by atoms with van der Waals surface area (Å²) in [6, 6.07) is 3.22. The second kappa shape index (κ2) is 5.88. The standard InChI is InChI=1S/C17H16F3N7/c18-17(19,20)14-2-1-10(4-21-14)6-26-7-11-3-12(8-26)27(11)16-13-5-24-25-15(13)22-9-23-16/h1-2,4-5,9,11-12H,3,6-8H2,(H,22,23,24,25). The molecule has 2 unspecified atom stereocenters. The smallest absolute Gasteiger partial charge is 0.347 e. The maximum absolute atomic E-state index is 12.6. The van der Waals surface area contributed by atoms with E-state index < -0.39 is 11.9 Å². The minimum Gasteiger partial charge on any atom is -0.347 e. The first kappa shape index (κ1) is 16.4. The van der Waals surface area contributed by atoms with Gasteiger partial charge < -0.3 is 4.90 Å². The van der Waals surface area contributed by atoms with Gasteiger partial charge >= 0.3 is 6.18 Å². The Kier molecular flexibility index (Phi) is 3.58. The molecule has 0 amide bonds. The lowest BCUT2D eigenvalue weighted by Gasteiger charge is -2.57. The van der Waals surface area contributed by atoms with Crippen LogP contribution in [0.25, 0.3) is 11.0 Å². The fourth-order valence-corrected chi connectivity index (χ4v) is 4.07. The van der Waals surface area contributed by atoms with Crippen LogP contribution in [0.15, 0.2) is 30.9 Å². The zero-order chi connectivity index (χ0) is 18.6. The van der Waals surface area contributed by atoms with E-state index in [9.17, 15) is 13.2 Å². The van der Waals surface area contributed by atoms with Gasteiger partial charge in [-0.25, -0.2) is 9.97 Å². The van der Waals surface area contributed by atoms with Crippen molar-refractivity contribution in [2.75, 3.05) is 18.0 Å². The van der Waals surface area contributed by atoms with Crippen LogP contribution >= 0.6 is 0 Å². The van der Waals surface area contributed by atoms with Crippen molar-refractivity contribution < 1.29 is 13.2 Å². The van der Waals surface area contributed by atoms with Crippen LogP contribution in [0, 0.1) is 0 Å². The monoisotopic (exact) mass is 375 g/mol. The molecule has 3 aromatic rings. The Morgan fingerprint density at radius 1 is 1.07 bits per heavy atom. The molecule has 3 fully saturated rings. The number of rotatable bonds is 3. The molecule has 0 spiro atoms. The highest BCUT2D eigenvalue weighted by atomic mass is 19.4. The van der Waals surface area contributed by atoms with E-state index >= 15 is 0 Å². The predicted octanol–water partition coefficient (Wildman–Crippen LogP) is 2.23. The number of halogens is 3. The number of aromatic amines is 1. The highest BCUT2D eigenvalue weighted by Crippen LogP contribution is 2.38. The zero-order valence-electron chi connectivity index (χ0n) is 14.2. The zero-order valence-corrected chi connectivity index (χ0v) is 14.2. The van der Waals surface area contributed by atoms with E-state index in [2.05, 4.69) is 34.9 Å². The van der Waals surface area contributed by atoms with Gasteiger partial charge in [-0.1, -0.05) is 6.07 Å². The molecule has 3 aromatic heterocycles. The third-order valence-electron chi connectivity index (χ3n) is 5.26. The number of nitrogens with zero attached hydrogens (tertiary/aromatic N) is 6. The molecule has 7 nitrogen and oxygen atoms in total. The number of alkyl halides is 3. The van der Waals surface area contributed by atoms with Gasteiger partial charge in [-0.15, -0.1) is 0 Å². The normalized spacial score (nSPS) is 22.9. The van der Waals surface area contributed by atoms with Crippen LogP contribution < -0.4 is 4.90 Å². The molecule has 140 valence electrons. The quantitative estimate of drug-likeness (QED) is 0.757. The molecule has 0 aliphatic carbocycles. The number of pyridine rings is 1. The Bertz CT molecular complexity index is 957. The van der Waals surface area contributed by atoms with Crippen molar-refractivity contribution in [3.05, 3.63) is 42.1 Å². The first-order valence-corrected chi connectivity index (χ1v) is 8.66. The van der Waals surface area contributed by atoms with Crippen molar-refractivity contribution >= 4 is 16.9 Å². The highest BCUT2D eigenvalue weighted by molar-refractivity contribution is 5.87. The largest absolute Gasteiger partial charge is 0.433 e. The summed E-state index contributed by atoms with van der Waals surface area (Å²) in [6.45, 7) is 2.26. The number of aromatic nitrogens is 5. The minimum absolute atomic E-state index is 0.333. The summed E-state index contributed by atoms with van der Waals surface area (Å²) in [5.74, 6) is 0.894. The highest BCUT2D eigenvalue weighted by Gasteiger charge is 2.45. The van der Waals surface area contributed by atoms with Crippen LogP contribution in [0.1, 0.15) is 17.7 Å². The number of anilines is 1. The van der Waals surface area contributed by atoms with Crippen molar-refractivity contribution in [2.24, 2.45) is 0 Å². The van der Waals surface area contributed by atoms with E-state index in [0.29, 0.717) is 18.6 Å². The minimum atomic E-state index is -4.40. The Morgan fingerprint density at radius 2 is 1.89 bits per heavy atom. The summed E-state index contributed by atoms with van der Waals surface area (Å²) in [5.41, 5.74) is 0.652. The van der Waals surface area contributed by atoms with Crippen LogP contribution in [0.3, 0.4) is 0 Å². The lowest BCUT2D eigenvalue weighted by Crippen LogP contribution is -2.69. The van der Waals surface area contributed by atoms with E-state index in [1.54, 1.807) is 6.20 Å². The van der Waals surface area contributed by atoms with Gasteiger partial charge in [0.05, 0.1) is 11.6 Å². The molecular weight excluding hydrogens is 359 g/mol. The van der Waals surface area contributed by atoms with E-state index in [0.717, 1.165) is 48.0 Å². The number of hydrogen-bond donors (Lipinski definition) is 1. The van der Waals surface area contributed by atoms with E-state index in [4.69, 9.17) is 0 Å². The molecule has 2 bridgehead atoms. The van der Waals surface area contributed by atoms with Crippen molar-refractivity contribution in [1.82, 2.24) is 30.0 Å². The summed E-state index contributed by atoms with van der Waals surface area (Å²) in [7, 11) is 0. The van der Waals surface area contributed by atoms with Crippen LogP contribution in [-0.4, -0.2) is 55.2 Å². The van der Waals surface area contributed by atoms with Crippen LogP contribution in [0.2, 0.25) is 0 Å². The van der Waals surface area contributed by atoms with Gasteiger partial charge in [-0.05, 0) is 18.1 Å². The topological polar surface area (TPSA) is 73.8 Å². The molecule has 27 heavy (non-hydrogen) atoms. The molecule has 2 atom stereocenters. The lowest BCUT2D eigenvalue weighted by atomic mass is 9.87. The van der Waals surface area contributed by atoms with Crippen molar-refractivity contribution in [1.29, 1.82) is 0 Å². The Morgan fingerprint density at radius 3 is 2.59 bits per heavy atom. The van der Waals surface area contributed by atoms with E-state index in [-0.39, 0.29) is 0 Å².